The lowest BCUT2D eigenvalue weighted by atomic mass is 10.0. The number of hydrogen-bond donors (Lipinski definition) is 2. The third-order valence-corrected chi connectivity index (χ3v) is 2.70. The second-order valence-corrected chi connectivity index (χ2v) is 3.90. The first-order valence-corrected chi connectivity index (χ1v) is 5.00. The number of aliphatic hydroxyl groups excluding tert-OH is 1. The molecule has 0 aromatic heterocycles. The maximum absolute atomic E-state index is 9.39. The first-order chi connectivity index (χ1) is 7.09. The Bertz CT molecular complexity index is 385. The Morgan fingerprint density at radius 3 is 2.50 bits per heavy atom. The summed E-state index contributed by atoms with van der Waals surface area (Å²) >= 11 is 6.02. The quantitative estimate of drug-likeness (QED) is 0.857. The molecule has 1 aromatic rings. The van der Waals surface area contributed by atoms with Gasteiger partial charge in [-0.3, -0.25) is 0 Å². The molecule has 0 bridgehead atoms. The lowest BCUT2D eigenvalue weighted by molar-refractivity contribution is 0.164. The average Bonchev–Trinajstić information content (AvgIpc) is 2.62. The number of aliphatic hydroxyl groups is 1. The van der Waals surface area contributed by atoms with E-state index in [1.165, 1.54) is 0 Å². The predicted octanol–water partition coefficient (Wildman–Crippen LogP) is 1.87. The number of rotatable bonds is 2. The molecule has 0 unspecified atom stereocenters. The number of nitrogens with two attached hydrogens (primary N) is 1. The highest BCUT2D eigenvalue weighted by Gasteiger charge is 2.21. The molecule has 2 rings (SSSR count). The van der Waals surface area contributed by atoms with E-state index >= 15 is 0 Å². The van der Waals surface area contributed by atoms with Crippen LogP contribution in [0.3, 0.4) is 0 Å². The van der Waals surface area contributed by atoms with Crippen LogP contribution in [0.4, 0.5) is 0 Å². The van der Waals surface area contributed by atoms with Gasteiger partial charge in [0, 0.05) is 11.1 Å². The molecule has 1 aliphatic rings. The summed E-state index contributed by atoms with van der Waals surface area (Å²) in [7, 11) is 0. The molecule has 0 saturated carbocycles. The molecule has 1 heterocycles. The van der Waals surface area contributed by atoms with Crippen molar-refractivity contribution in [3.8, 4) is 11.5 Å². The van der Waals surface area contributed by atoms with Gasteiger partial charge in [-0.1, -0.05) is 11.6 Å². The molecule has 0 radical (unpaired) electrons. The van der Waals surface area contributed by atoms with Crippen molar-refractivity contribution in [3.05, 3.63) is 22.7 Å². The predicted molar refractivity (Wildman–Crippen MR) is 63.4 cm³/mol. The molecule has 0 amide bonds. The molecule has 2 atom stereocenters. The Hall–Kier alpha value is -0.680. The zero-order valence-electron chi connectivity index (χ0n) is 8.64. The fourth-order valence-electron chi connectivity index (χ4n) is 1.45. The smallest absolute Gasteiger partial charge is 0.231 e. The van der Waals surface area contributed by atoms with Gasteiger partial charge in [0.25, 0.3) is 0 Å². The summed E-state index contributed by atoms with van der Waals surface area (Å²) in [5, 5.41) is 9.87. The van der Waals surface area contributed by atoms with Gasteiger partial charge in [-0.15, -0.1) is 12.4 Å². The highest BCUT2D eigenvalue weighted by atomic mass is 35.5. The Morgan fingerprint density at radius 1 is 1.38 bits per heavy atom. The van der Waals surface area contributed by atoms with Crippen molar-refractivity contribution in [2.45, 2.75) is 19.1 Å². The number of hydrogen-bond acceptors (Lipinski definition) is 4. The van der Waals surface area contributed by atoms with Crippen molar-refractivity contribution in [3.63, 3.8) is 0 Å². The maximum atomic E-state index is 9.39. The normalized spacial score (nSPS) is 16.5. The molecule has 1 aromatic carbocycles. The van der Waals surface area contributed by atoms with Crippen LogP contribution in [0.25, 0.3) is 0 Å². The van der Waals surface area contributed by atoms with Gasteiger partial charge in [-0.2, -0.15) is 0 Å². The maximum Gasteiger partial charge on any atom is 0.231 e. The van der Waals surface area contributed by atoms with E-state index in [-0.39, 0.29) is 19.2 Å². The Balaban J connectivity index is 0.00000128. The standard InChI is InChI=1S/C10H12ClNO3.ClH/c1-5(13)10(12)6-2-8-9(3-7(6)11)15-4-14-8;/h2-3,5,10,13H,4,12H2,1H3;1H/t5-,10-;/m1./s1. The van der Waals surface area contributed by atoms with E-state index in [1.807, 2.05) is 0 Å². The van der Waals surface area contributed by atoms with Crippen molar-refractivity contribution in [2.75, 3.05) is 6.79 Å². The molecule has 0 aliphatic carbocycles. The molecule has 0 fully saturated rings. The third kappa shape index (κ3) is 2.35. The zero-order chi connectivity index (χ0) is 11.0. The lowest BCUT2D eigenvalue weighted by Crippen LogP contribution is -2.23. The number of ether oxygens (including phenoxy) is 2. The molecule has 0 saturated heterocycles. The van der Waals surface area contributed by atoms with Crippen LogP contribution in [0.5, 0.6) is 11.5 Å². The fourth-order valence-corrected chi connectivity index (χ4v) is 1.73. The summed E-state index contributed by atoms with van der Waals surface area (Å²) in [6, 6.07) is 2.84. The molecular weight excluding hydrogens is 253 g/mol. The van der Waals surface area contributed by atoms with Gasteiger partial charge in [0.15, 0.2) is 11.5 Å². The van der Waals surface area contributed by atoms with Gasteiger partial charge < -0.3 is 20.3 Å². The van der Waals surface area contributed by atoms with Crippen LogP contribution >= 0.6 is 24.0 Å². The lowest BCUT2D eigenvalue weighted by Gasteiger charge is -2.16. The van der Waals surface area contributed by atoms with Gasteiger partial charge in [-0.25, -0.2) is 0 Å². The molecule has 16 heavy (non-hydrogen) atoms. The second-order valence-electron chi connectivity index (χ2n) is 3.49. The Morgan fingerprint density at radius 2 is 1.94 bits per heavy atom. The highest BCUT2D eigenvalue weighted by molar-refractivity contribution is 6.31. The van der Waals surface area contributed by atoms with Crippen LogP contribution in [-0.4, -0.2) is 18.0 Å². The Kier molecular flexibility index (Phi) is 4.27. The van der Waals surface area contributed by atoms with Crippen molar-refractivity contribution in [1.29, 1.82) is 0 Å². The molecule has 4 nitrogen and oxygen atoms in total. The van der Waals surface area contributed by atoms with Gasteiger partial charge in [0.1, 0.15) is 0 Å². The van der Waals surface area contributed by atoms with E-state index in [9.17, 15) is 5.11 Å². The van der Waals surface area contributed by atoms with Crippen molar-refractivity contribution in [1.82, 2.24) is 0 Å². The molecule has 0 spiro atoms. The van der Waals surface area contributed by atoms with Crippen LogP contribution in [0.1, 0.15) is 18.5 Å². The molecular formula is C10H13Cl2NO3. The zero-order valence-corrected chi connectivity index (χ0v) is 10.2. The number of fused-ring (bicyclic) bond motifs is 1. The van der Waals surface area contributed by atoms with E-state index in [0.717, 1.165) is 0 Å². The van der Waals surface area contributed by atoms with Crippen LogP contribution in [0, 0.1) is 0 Å². The Labute approximate surface area is 105 Å². The van der Waals surface area contributed by atoms with Crippen molar-refractivity contribution >= 4 is 24.0 Å². The summed E-state index contributed by atoms with van der Waals surface area (Å²) in [4.78, 5) is 0. The van der Waals surface area contributed by atoms with Crippen LogP contribution < -0.4 is 15.2 Å². The van der Waals surface area contributed by atoms with E-state index in [4.69, 9.17) is 26.8 Å². The largest absolute Gasteiger partial charge is 0.454 e. The van der Waals surface area contributed by atoms with Gasteiger partial charge in [0.05, 0.1) is 12.1 Å². The minimum absolute atomic E-state index is 0. The second kappa shape index (κ2) is 5.10. The van der Waals surface area contributed by atoms with Crippen molar-refractivity contribution in [2.24, 2.45) is 5.73 Å². The monoisotopic (exact) mass is 265 g/mol. The highest BCUT2D eigenvalue weighted by Crippen LogP contribution is 2.38. The van der Waals surface area contributed by atoms with Gasteiger partial charge >= 0.3 is 0 Å². The van der Waals surface area contributed by atoms with Crippen molar-refractivity contribution < 1.29 is 14.6 Å². The summed E-state index contributed by atoms with van der Waals surface area (Å²) in [6.45, 7) is 1.81. The molecule has 1 aliphatic heterocycles. The van der Waals surface area contributed by atoms with Crippen LogP contribution in [0.2, 0.25) is 5.02 Å². The van der Waals surface area contributed by atoms with Gasteiger partial charge in [0.2, 0.25) is 6.79 Å². The van der Waals surface area contributed by atoms with Crippen LogP contribution in [-0.2, 0) is 0 Å². The van der Waals surface area contributed by atoms with Gasteiger partial charge in [-0.05, 0) is 18.6 Å². The minimum Gasteiger partial charge on any atom is -0.454 e. The topological polar surface area (TPSA) is 64.7 Å². The molecule has 6 heteroatoms. The molecule has 90 valence electrons. The number of halogens is 2. The summed E-state index contributed by atoms with van der Waals surface area (Å²) in [6.07, 6.45) is -0.664. The first-order valence-electron chi connectivity index (χ1n) is 4.62. The van der Waals surface area contributed by atoms with E-state index in [0.29, 0.717) is 22.1 Å². The minimum atomic E-state index is -0.664. The first kappa shape index (κ1) is 13.4. The van der Waals surface area contributed by atoms with E-state index in [1.54, 1.807) is 19.1 Å². The summed E-state index contributed by atoms with van der Waals surface area (Å²) in [5.74, 6) is 1.23. The SMILES string of the molecule is C[C@@H](O)[C@@H](N)c1cc2c(cc1Cl)OCO2.Cl. The van der Waals surface area contributed by atoms with Crippen LogP contribution in [0.15, 0.2) is 12.1 Å². The van der Waals surface area contributed by atoms with E-state index < -0.39 is 12.1 Å². The molecule has 3 N–H and O–H groups in total. The summed E-state index contributed by atoms with van der Waals surface area (Å²) in [5.41, 5.74) is 6.46. The number of benzene rings is 1. The summed E-state index contributed by atoms with van der Waals surface area (Å²) < 4.78 is 10.4. The van der Waals surface area contributed by atoms with E-state index in [2.05, 4.69) is 0 Å². The average molecular weight is 266 g/mol. The third-order valence-electron chi connectivity index (χ3n) is 2.37. The fraction of sp³-hybridized carbons (Fsp3) is 0.400.